The van der Waals surface area contributed by atoms with Crippen LogP contribution in [0.3, 0.4) is 0 Å². The number of oxime groups is 1. The number of piperidine rings is 1. The minimum absolute atomic E-state index is 0.241. The van der Waals surface area contributed by atoms with Crippen molar-refractivity contribution < 1.29 is 9.63 Å². The van der Waals surface area contributed by atoms with E-state index >= 15 is 0 Å². The van der Waals surface area contributed by atoms with E-state index in [1.165, 1.54) is 0 Å². The van der Waals surface area contributed by atoms with Gasteiger partial charge in [0.1, 0.15) is 5.71 Å². The number of nitrogens with zero attached hydrogens (tertiary/aromatic N) is 2. The number of rotatable bonds is 2. The van der Waals surface area contributed by atoms with Crippen molar-refractivity contribution in [3.8, 4) is 6.07 Å². The fourth-order valence-corrected chi connectivity index (χ4v) is 2.88. The first kappa shape index (κ1) is 14.5. The molecule has 2 aliphatic rings. The summed E-state index contributed by atoms with van der Waals surface area (Å²) in [4.78, 5) is 17.9. The van der Waals surface area contributed by atoms with Gasteiger partial charge < -0.3 is 15.5 Å². The second-order valence-electron chi connectivity index (χ2n) is 5.87. The van der Waals surface area contributed by atoms with Gasteiger partial charge in [0.15, 0.2) is 5.60 Å². The number of carbonyl (C=O) groups is 1. The highest BCUT2D eigenvalue weighted by atomic mass is 16.7. The van der Waals surface area contributed by atoms with Crippen LogP contribution in [0.1, 0.15) is 30.4 Å². The van der Waals surface area contributed by atoms with Gasteiger partial charge in [-0.15, -0.1) is 0 Å². The van der Waals surface area contributed by atoms with Gasteiger partial charge in [-0.25, -0.2) is 0 Å². The summed E-state index contributed by atoms with van der Waals surface area (Å²) in [5.74, 6) is -0.241. The van der Waals surface area contributed by atoms with Crippen molar-refractivity contribution >= 4 is 17.3 Å². The molecule has 0 unspecified atom stereocenters. The fourth-order valence-electron chi connectivity index (χ4n) is 2.88. The van der Waals surface area contributed by atoms with Crippen LogP contribution in [0.15, 0.2) is 23.4 Å². The molecule has 1 atom stereocenters. The van der Waals surface area contributed by atoms with E-state index in [1.54, 1.807) is 18.2 Å². The van der Waals surface area contributed by atoms with Crippen molar-refractivity contribution in [2.75, 3.05) is 18.4 Å². The smallest absolute Gasteiger partial charge is 0.273 e. The molecule has 1 saturated heterocycles. The van der Waals surface area contributed by atoms with Crippen LogP contribution < -0.4 is 10.6 Å². The maximum atomic E-state index is 12.3. The van der Waals surface area contributed by atoms with Crippen molar-refractivity contribution in [3.63, 3.8) is 0 Å². The van der Waals surface area contributed by atoms with Crippen molar-refractivity contribution in [1.82, 2.24) is 5.32 Å². The molecule has 1 fully saturated rings. The average Bonchev–Trinajstić information content (AvgIpc) is 2.93. The van der Waals surface area contributed by atoms with Gasteiger partial charge in [0.05, 0.1) is 11.6 Å². The Balaban J connectivity index is 1.67. The number of carbonyl (C=O) groups excluding carboxylic acids is 1. The molecule has 2 aliphatic heterocycles. The van der Waals surface area contributed by atoms with E-state index in [4.69, 9.17) is 10.1 Å². The highest BCUT2D eigenvalue weighted by Crippen LogP contribution is 2.30. The van der Waals surface area contributed by atoms with Gasteiger partial charge in [-0.05, 0) is 50.1 Å². The zero-order chi connectivity index (χ0) is 15.6. The summed E-state index contributed by atoms with van der Waals surface area (Å²) in [5.41, 5.74) is 2.18. The zero-order valence-corrected chi connectivity index (χ0v) is 12.5. The highest BCUT2D eigenvalue weighted by Gasteiger charge is 2.42. The van der Waals surface area contributed by atoms with Gasteiger partial charge >= 0.3 is 0 Å². The Morgan fingerprint density at radius 2 is 2.41 bits per heavy atom. The summed E-state index contributed by atoms with van der Waals surface area (Å²) in [7, 11) is 0. The third kappa shape index (κ3) is 2.81. The first-order valence-corrected chi connectivity index (χ1v) is 7.40. The largest absolute Gasteiger partial charge is 0.387 e. The van der Waals surface area contributed by atoms with Gasteiger partial charge in [0.25, 0.3) is 5.91 Å². The van der Waals surface area contributed by atoms with Gasteiger partial charge in [0.2, 0.25) is 0 Å². The third-order valence-electron chi connectivity index (χ3n) is 4.14. The highest BCUT2D eigenvalue weighted by molar-refractivity contribution is 6.43. The Kier molecular flexibility index (Phi) is 3.82. The molecule has 1 aromatic carbocycles. The molecule has 0 bridgehead atoms. The summed E-state index contributed by atoms with van der Waals surface area (Å²) in [6, 6.07) is 7.24. The van der Waals surface area contributed by atoms with Crippen LogP contribution >= 0.6 is 0 Å². The second kappa shape index (κ2) is 5.78. The quantitative estimate of drug-likeness (QED) is 0.870. The molecule has 2 heterocycles. The predicted octanol–water partition coefficient (Wildman–Crippen LogP) is 1.70. The molecule has 114 valence electrons. The van der Waals surface area contributed by atoms with E-state index in [0.29, 0.717) is 23.4 Å². The second-order valence-corrected chi connectivity index (χ2v) is 5.87. The predicted molar refractivity (Wildman–Crippen MR) is 82.5 cm³/mol. The van der Waals surface area contributed by atoms with Crippen LogP contribution in [0.5, 0.6) is 0 Å². The number of hydrogen-bond acceptors (Lipinski definition) is 5. The lowest BCUT2D eigenvalue weighted by Gasteiger charge is -2.30. The lowest BCUT2D eigenvalue weighted by Crippen LogP contribution is -2.46. The molecule has 22 heavy (non-hydrogen) atoms. The molecule has 6 heteroatoms. The van der Waals surface area contributed by atoms with E-state index in [1.807, 2.05) is 6.92 Å². The summed E-state index contributed by atoms with van der Waals surface area (Å²) in [6.45, 7) is 3.57. The summed E-state index contributed by atoms with van der Waals surface area (Å²) < 4.78 is 0. The zero-order valence-electron chi connectivity index (χ0n) is 12.5. The van der Waals surface area contributed by atoms with Crippen LogP contribution in [0, 0.1) is 18.3 Å². The molecule has 1 spiro atoms. The summed E-state index contributed by atoms with van der Waals surface area (Å²) >= 11 is 0. The van der Waals surface area contributed by atoms with E-state index in [9.17, 15) is 4.79 Å². The number of nitriles is 1. The van der Waals surface area contributed by atoms with Crippen LogP contribution in [0.4, 0.5) is 5.69 Å². The van der Waals surface area contributed by atoms with Crippen LogP contribution in [-0.4, -0.2) is 30.3 Å². The number of aryl methyl sites for hydroxylation is 1. The van der Waals surface area contributed by atoms with Crippen LogP contribution in [0.25, 0.3) is 0 Å². The maximum absolute atomic E-state index is 12.3. The number of hydrogen-bond donors (Lipinski definition) is 2. The minimum atomic E-state index is -0.357. The molecular formula is C16H18N4O2. The fraction of sp³-hybridized carbons (Fsp3) is 0.438. The Labute approximate surface area is 129 Å². The van der Waals surface area contributed by atoms with Gasteiger partial charge in [0, 0.05) is 18.7 Å². The first-order valence-electron chi connectivity index (χ1n) is 7.40. The Morgan fingerprint density at radius 1 is 1.55 bits per heavy atom. The number of benzene rings is 1. The number of amides is 1. The summed E-state index contributed by atoms with van der Waals surface area (Å²) in [6.07, 6.45) is 2.47. The minimum Gasteiger partial charge on any atom is -0.387 e. The Morgan fingerprint density at radius 3 is 3.09 bits per heavy atom. The lowest BCUT2D eigenvalue weighted by atomic mass is 9.89. The van der Waals surface area contributed by atoms with Crippen LogP contribution in [0.2, 0.25) is 0 Å². The molecule has 2 N–H and O–H groups in total. The molecule has 1 aromatic rings. The van der Waals surface area contributed by atoms with Crippen molar-refractivity contribution in [3.05, 3.63) is 29.3 Å². The number of nitrogens with one attached hydrogen (secondary N) is 2. The molecular weight excluding hydrogens is 280 g/mol. The normalized spacial score (nSPS) is 23.5. The SMILES string of the molecule is Cc1cc(C#N)ccc1NC(=O)C1=NO[C@]2(CCCNC2)C1. The van der Waals surface area contributed by atoms with Gasteiger partial charge in [-0.3, -0.25) is 4.79 Å². The molecule has 0 radical (unpaired) electrons. The molecule has 3 rings (SSSR count). The van der Waals surface area contributed by atoms with Crippen molar-refractivity contribution in [2.24, 2.45) is 5.16 Å². The van der Waals surface area contributed by atoms with Crippen LogP contribution in [-0.2, 0) is 9.63 Å². The van der Waals surface area contributed by atoms with Gasteiger partial charge in [-0.1, -0.05) is 5.16 Å². The molecule has 0 aromatic heterocycles. The first-order chi connectivity index (χ1) is 10.6. The van der Waals surface area contributed by atoms with E-state index in [-0.39, 0.29) is 11.5 Å². The van der Waals surface area contributed by atoms with E-state index in [0.717, 1.165) is 31.5 Å². The van der Waals surface area contributed by atoms with Crippen molar-refractivity contribution in [2.45, 2.75) is 31.8 Å². The van der Waals surface area contributed by atoms with Crippen molar-refractivity contribution in [1.29, 1.82) is 5.26 Å². The van der Waals surface area contributed by atoms with E-state index in [2.05, 4.69) is 21.9 Å². The Hall–Kier alpha value is -2.39. The maximum Gasteiger partial charge on any atom is 0.273 e. The number of anilines is 1. The Bertz CT molecular complexity index is 669. The lowest BCUT2D eigenvalue weighted by molar-refractivity contribution is -0.110. The van der Waals surface area contributed by atoms with Gasteiger partial charge in [-0.2, -0.15) is 5.26 Å². The van der Waals surface area contributed by atoms with E-state index < -0.39 is 0 Å². The third-order valence-corrected chi connectivity index (χ3v) is 4.14. The molecule has 0 saturated carbocycles. The molecule has 1 amide bonds. The molecule has 0 aliphatic carbocycles. The molecule has 6 nitrogen and oxygen atoms in total. The summed E-state index contributed by atoms with van der Waals surface area (Å²) in [5, 5.41) is 19.0. The standard InChI is InChI=1S/C16H18N4O2/c1-11-7-12(9-17)3-4-13(11)19-15(21)14-8-16(22-20-14)5-2-6-18-10-16/h3-4,7,18H,2,5-6,8,10H2,1H3,(H,19,21)/t16-/m1/s1. The average molecular weight is 298 g/mol. The monoisotopic (exact) mass is 298 g/mol. The topological polar surface area (TPSA) is 86.5 Å².